The number of H-pyrrole nitrogens is 1. The van der Waals surface area contributed by atoms with Crippen molar-refractivity contribution in [3.05, 3.63) is 24.3 Å². The van der Waals surface area contributed by atoms with Crippen LogP contribution in [0.15, 0.2) is 18.5 Å². The molecule has 0 amide bonds. The summed E-state index contributed by atoms with van der Waals surface area (Å²) in [5.74, 6) is 1.05. The first-order chi connectivity index (χ1) is 6.93. The number of halogens is 1. The third-order valence-electron chi connectivity index (χ3n) is 2.69. The molecule has 0 bridgehead atoms. The van der Waals surface area contributed by atoms with E-state index in [0.29, 0.717) is 6.04 Å². The maximum atomic E-state index is 4.54. The molecule has 1 fully saturated rings. The number of hydrogen-bond acceptors (Lipinski definition) is 3. The summed E-state index contributed by atoms with van der Waals surface area (Å²) in [4.78, 5) is 11.9. The monoisotopic (exact) mass is 224 g/mol. The molecule has 0 aliphatic carbocycles. The van der Waals surface area contributed by atoms with Crippen LogP contribution in [0.1, 0.15) is 24.7 Å². The third kappa shape index (κ3) is 1.82. The summed E-state index contributed by atoms with van der Waals surface area (Å²) in [6.45, 7) is 1.10. The van der Waals surface area contributed by atoms with E-state index in [-0.39, 0.29) is 12.4 Å². The van der Waals surface area contributed by atoms with Crippen molar-refractivity contribution in [3.8, 4) is 0 Å². The van der Waals surface area contributed by atoms with E-state index in [4.69, 9.17) is 0 Å². The SMILES string of the molecule is Cl.c1cc2nc([C@@H]3CCCN3)[nH]c2cn1. The standard InChI is InChI=1S/C10H12N4.ClH/c1-2-8(12-4-1)10-13-7-3-5-11-6-9(7)14-10;/h3,5-6,8,12H,1-2,4H2,(H,13,14);1H/t8-;/m0./s1. The van der Waals surface area contributed by atoms with Gasteiger partial charge >= 0.3 is 0 Å². The highest BCUT2D eigenvalue weighted by Crippen LogP contribution is 2.22. The molecule has 1 saturated heterocycles. The topological polar surface area (TPSA) is 53.6 Å². The lowest BCUT2D eigenvalue weighted by Gasteiger charge is -2.04. The largest absolute Gasteiger partial charge is 0.339 e. The van der Waals surface area contributed by atoms with E-state index in [1.165, 1.54) is 12.8 Å². The van der Waals surface area contributed by atoms with Gasteiger partial charge in [0.05, 0.1) is 23.3 Å². The fraction of sp³-hybridized carbons (Fsp3) is 0.400. The van der Waals surface area contributed by atoms with Crippen molar-refractivity contribution in [1.82, 2.24) is 20.3 Å². The first-order valence-electron chi connectivity index (χ1n) is 4.96. The van der Waals surface area contributed by atoms with Crippen LogP contribution in [0.2, 0.25) is 0 Å². The first-order valence-corrected chi connectivity index (χ1v) is 4.96. The summed E-state index contributed by atoms with van der Waals surface area (Å²) < 4.78 is 0. The summed E-state index contributed by atoms with van der Waals surface area (Å²) in [6, 6.07) is 2.34. The van der Waals surface area contributed by atoms with Crippen LogP contribution >= 0.6 is 12.4 Å². The number of rotatable bonds is 1. The second-order valence-electron chi connectivity index (χ2n) is 3.66. The summed E-state index contributed by atoms with van der Waals surface area (Å²) in [5, 5.41) is 3.42. The fourth-order valence-corrected chi connectivity index (χ4v) is 1.96. The van der Waals surface area contributed by atoms with Crippen LogP contribution in [0.25, 0.3) is 11.0 Å². The Morgan fingerprint density at radius 3 is 3.07 bits per heavy atom. The lowest BCUT2D eigenvalue weighted by atomic mass is 10.2. The summed E-state index contributed by atoms with van der Waals surface area (Å²) in [6.07, 6.45) is 6.00. The van der Waals surface area contributed by atoms with Gasteiger partial charge in [-0.25, -0.2) is 4.98 Å². The van der Waals surface area contributed by atoms with E-state index < -0.39 is 0 Å². The fourth-order valence-electron chi connectivity index (χ4n) is 1.96. The van der Waals surface area contributed by atoms with Crippen LogP contribution in [0.5, 0.6) is 0 Å². The Morgan fingerprint density at radius 2 is 2.33 bits per heavy atom. The van der Waals surface area contributed by atoms with Crippen molar-refractivity contribution >= 4 is 23.4 Å². The second-order valence-corrected chi connectivity index (χ2v) is 3.66. The predicted octanol–water partition coefficient (Wildman–Crippen LogP) is 1.80. The molecule has 0 saturated carbocycles. The molecule has 5 heteroatoms. The molecule has 1 aliphatic heterocycles. The molecular formula is C10H13ClN4. The molecule has 4 nitrogen and oxygen atoms in total. The van der Waals surface area contributed by atoms with Gasteiger partial charge in [0.1, 0.15) is 5.82 Å². The highest BCUT2D eigenvalue weighted by Gasteiger charge is 2.19. The maximum Gasteiger partial charge on any atom is 0.124 e. The predicted molar refractivity (Wildman–Crippen MR) is 61.1 cm³/mol. The summed E-state index contributed by atoms with van der Waals surface area (Å²) >= 11 is 0. The van der Waals surface area contributed by atoms with Crippen molar-refractivity contribution in [2.24, 2.45) is 0 Å². The third-order valence-corrected chi connectivity index (χ3v) is 2.69. The number of imidazole rings is 1. The number of fused-ring (bicyclic) bond motifs is 1. The Bertz CT molecular complexity index is 414. The number of pyridine rings is 1. The Kier molecular flexibility index (Phi) is 2.88. The molecule has 0 aromatic carbocycles. The number of aromatic nitrogens is 3. The molecule has 15 heavy (non-hydrogen) atoms. The van der Waals surface area contributed by atoms with Crippen molar-refractivity contribution in [1.29, 1.82) is 0 Å². The van der Waals surface area contributed by atoms with Gasteiger partial charge in [0, 0.05) is 6.20 Å². The minimum atomic E-state index is 0. The normalized spacial score (nSPS) is 20.4. The second kappa shape index (κ2) is 4.16. The average Bonchev–Trinajstić information content (AvgIpc) is 2.86. The minimum absolute atomic E-state index is 0. The van der Waals surface area contributed by atoms with Gasteiger partial charge in [0.25, 0.3) is 0 Å². The molecule has 1 atom stereocenters. The maximum absolute atomic E-state index is 4.54. The number of nitrogens with one attached hydrogen (secondary N) is 2. The first kappa shape index (κ1) is 10.4. The van der Waals surface area contributed by atoms with E-state index in [1.54, 1.807) is 6.20 Å². The highest BCUT2D eigenvalue weighted by molar-refractivity contribution is 5.85. The minimum Gasteiger partial charge on any atom is -0.339 e. The molecule has 3 heterocycles. The van der Waals surface area contributed by atoms with Gasteiger partial charge in [-0.05, 0) is 25.5 Å². The van der Waals surface area contributed by atoms with Gasteiger partial charge in [-0.3, -0.25) is 4.98 Å². The zero-order chi connectivity index (χ0) is 9.38. The van der Waals surface area contributed by atoms with E-state index in [2.05, 4.69) is 20.3 Å². The molecule has 2 aromatic rings. The summed E-state index contributed by atoms with van der Waals surface area (Å²) in [7, 11) is 0. The van der Waals surface area contributed by atoms with Gasteiger partial charge in [-0.1, -0.05) is 0 Å². The van der Waals surface area contributed by atoms with Crippen LogP contribution in [-0.2, 0) is 0 Å². The molecule has 0 unspecified atom stereocenters. The van der Waals surface area contributed by atoms with Crippen LogP contribution in [0.4, 0.5) is 0 Å². The Hall–Kier alpha value is -1.13. The van der Waals surface area contributed by atoms with Gasteiger partial charge < -0.3 is 10.3 Å². The molecule has 2 N–H and O–H groups in total. The van der Waals surface area contributed by atoms with Gasteiger partial charge in [0.2, 0.25) is 0 Å². The Balaban J connectivity index is 0.000000853. The van der Waals surface area contributed by atoms with E-state index in [1.807, 2.05) is 12.3 Å². The summed E-state index contributed by atoms with van der Waals surface area (Å²) in [5.41, 5.74) is 2.03. The lowest BCUT2D eigenvalue weighted by Crippen LogP contribution is -2.13. The number of aromatic amines is 1. The number of nitrogens with zero attached hydrogens (tertiary/aromatic N) is 2. The Morgan fingerprint density at radius 1 is 1.40 bits per heavy atom. The zero-order valence-corrected chi connectivity index (χ0v) is 9.05. The van der Waals surface area contributed by atoms with Crippen molar-refractivity contribution < 1.29 is 0 Å². The molecular weight excluding hydrogens is 212 g/mol. The van der Waals surface area contributed by atoms with Crippen LogP contribution in [-0.4, -0.2) is 21.5 Å². The van der Waals surface area contributed by atoms with Gasteiger partial charge in [-0.15, -0.1) is 12.4 Å². The van der Waals surface area contributed by atoms with Crippen molar-refractivity contribution in [3.63, 3.8) is 0 Å². The Labute approximate surface area is 93.9 Å². The average molecular weight is 225 g/mol. The van der Waals surface area contributed by atoms with Gasteiger partial charge in [-0.2, -0.15) is 0 Å². The van der Waals surface area contributed by atoms with Gasteiger partial charge in [0.15, 0.2) is 0 Å². The van der Waals surface area contributed by atoms with Crippen LogP contribution < -0.4 is 5.32 Å². The quantitative estimate of drug-likeness (QED) is 0.777. The highest BCUT2D eigenvalue weighted by atomic mass is 35.5. The molecule has 1 aliphatic rings. The molecule has 80 valence electrons. The molecule has 0 spiro atoms. The van der Waals surface area contributed by atoms with Crippen molar-refractivity contribution in [2.45, 2.75) is 18.9 Å². The van der Waals surface area contributed by atoms with E-state index >= 15 is 0 Å². The lowest BCUT2D eigenvalue weighted by molar-refractivity contribution is 0.614. The van der Waals surface area contributed by atoms with E-state index in [9.17, 15) is 0 Å². The van der Waals surface area contributed by atoms with Crippen LogP contribution in [0.3, 0.4) is 0 Å². The van der Waals surface area contributed by atoms with E-state index in [0.717, 1.165) is 23.4 Å². The molecule has 3 rings (SSSR count). The zero-order valence-electron chi connectivity index (χ0n) is 8.23. The number of hydrogen-bond donors (Lipinski definition) is 2. The van der Waals surface area contributed by atoms with Crippen LogP contribution in [0, 0.1) is 0 Å². The van der Waals surface area contributed by atoms with Crippen molar-refractivity contribution in [2.75, 3.05) is 6.54 Å². The molecule has 0 radical (unpaired) electrons. The smallest absolute Gasteiger partial charge is 0.124 e. The molecule has 2 aromatic heterocycles.